The average Bonchev–Trinajstić information content (AvgIpc) is 2.91. The molecule has 2 atom stereocenters. The summed E-state index contributed by atoms with van der Waals surface area (Å²) in [6.45, 7) is 7.83. The third-order valence-electron chi connectivity index (χ3n) is 4.88. The third kappa shape index (κ3) is 4.55. The smallest absolute Gasteiger partial charge is 0.0800 e. The lowest BCUT2D eigenvalue weighted by Gasteiger charge is -2.37. The Morgan fingerprint density at radius 2 is 1.94 bits per heavy atom. The summed E-state index contributed by atoms with van der Waals surface area (Å²) in [4.78, 5) is 0. The molecule has 0 aliphatic heterocycles. The maximum Gasteiger partial charge on any atom is 0.0800 e. The molecular formula is C16H33NO. The third-order valence-corrected chi connectivity index (χ3v) is 4.88. The van der Waals surface area contributed by atoms with Gasteiger partial charge in [-0.2, -0.15) is 0 Å². The first-order valence-corrected chi connectivity index (χ1v) is 7.94. The molecule has 0 saturated heterocycles. The van der Waals surface area contributed by atoms with Gasteiger partial charge in [0, 0.05) is 13.2 Å². The van der Waals surface area contributed by atoms with Gasteiger partial charge in [0.05, 0.1) is 5.60 Å². The molecule has 2 unspecified atom stereocenters. The van der Waals surface area contributed by atoms with Gasteiger partial charge in [-0.25, -0.2) is 0 Å². The van der Waals surface area contributed by atoms with Crippen LogP contribution in [0.25, 0.3) is 0 Å². The molecule has 1 aliphatic carbocycles. The van der Waals surface area contributed by atoms with E-state index in [0.29, 0.717) is 6.04 Å². The summed E-state index contributed by atoms with van der Waals surface area (Å²) in [6.07, 6.45) is 10.7. The van der Waals surface area contributed by atoms with Crippen LogP contribution < -0.4 is 5.32 Å². The Balaban J connectivity index is 2.47. The van der Waals surface area contributed by atoms with Gasteiger partial charge in [-0.1, -0.05) is 39.5 Å². The normalized spacial score (nSPS) is 22.0. The van der Waals surface area contributed by atoms with Crippen molar-refractivity contribution in [3.8, 4) is 0 Å². The standard InChI is InChI=1S/C16H33NO/c1-5-13-17-15(16(3,6-2)18-4)12-11-14-9-7-8-10-14/h14-15,17H,5-13H2,1-4H3. The summed E-state index contributed by atoms with van der Waals surface area (Å²) >= 11 is 0. The first kappa shape index (κ1) is 16.0. The van der Waals surface area contributed by atoms with Crippen molar-refractivity contribution in [2.45, 2.75) is 83.8 Å². The highest BCUT2D eigenvalue weighted by atomic mass is 16.5. The van der Waals surface area contributed by atoms with Crippen molar-refractivity contribution >= 4 is 0 Å². The first-order chi connectivity index (χ1) is 8.66. The van der Waals surface area contributed by atoms with Gasteiger partial charge in [0.15, 0.2) is 0 Å². The van der Waals surface area contributed by atoms with Gasteiger partial charge in [0.25, 0.3) is 0 Å². The molecule has 0 heterocycles. The minimum Gasteiger partial charge on any atom is -0.377 e. The van der Waals surface area contributed by atoms with E-state index in [4.69, 9.17) is 4.74 Å². The van der Waals surface area contributed by atoms with Crippen LogP contribution in [-0.2, 0) is 4.74 Å². The SMILES string of the molecule is CCCNC(CCC1CCCC1)C(C)(CC)OC. The van der Waals surface area contributed by atoms with Gasteiger partial charge >= 0.3 is 0 Å². The predicted octanol–water partition coefficient (Wildman–Crippen LogP) is 4.14. The van der Waals surface area contributed by atoms with Crippen LogP contribution in [-0.4, -0.2) is 25.3 Å². The quantitative estimate of drug-likeness (QED) is 0.668. The Bertz CT molecular complexity index is 207. The van der Waals surface area contributed by atoms with Gasteiger partial charge in [-0.05, 0) is 45.1 Å². The van der Waals surface area contributed by atoms with E-state index in [2.05, 4.69) is 26.1 Å². The minimum atomic E-state index is -0.00618. The van der Waals surface area contributed by atoms with Crippen molar-refractivity contribution in [3.63, 3.8) is 0 Å². The number of hydrogen-bond acceptors (Lipinski definition) is 2. The van der Waals surface area contributed by atoms with Crippen LogP contribution in [0.5, 0.6) is 0 Å². The fraction of sp³-hybridized carbons (Fsp3) is 1.00. The van der Waals surface area contributed by atoms with E-state index in [9.17, 15) is 0 Å². The van der Waals surface area contributed by atoms with E-state index >= 15 is 0 Å². The molecule has 1 rings (SSSR count). The van der Waals surface area contributed by atoms with E-state index in [-0.39, 0.29) is 5.60 Å². The summed E-state index contributed by atoms with van der Waals surface area (Å²) in [5, 5.41) is 3.71. The van der Waals surface area contributed by atoms with Gasteiger partial charge in [-0.3, -0.25) is 0 Å². The van der Waals surface area contributed by atoms with Crippen LogP contribution in [0, 0.1) is 5.92 Å². The molecule has 1 saturated carbocycles. The van der Waals surface area contributed by atoms with Crippen molar-refractivity contribution < 1.29 is 4.74 Å². The van der Waals surface area contributed by atoms with Crippen molar-refractivity contribution in [3.05, 3.63) is 0 Å². The Hall–Kier alpha value is -0.0800. The summed E-state index contributed by atoms with van der Waals surface area (Å²) in [7, 11) is 1.86. The topological polar surface area (TPSA) is 21.3 Å². The van der Waals surface area contributed by atoms with E-state index < -0.39 is 0 Å². The van der Waals surface area contributed by atoms with Gasteiger partial charge < -0.3 is 10.1 Å². The predicted molar refractivity (Wildman–Crippen MR) is 79.0 cm³/mol. The Morgan fingerprint density at radius 1 is 1.28 bits per heavy atom. The summed E-state index contributed by atoms with van der Waals surface area (Å²) < 4.78 is 5.80. The van der Waals surface area contributed by atoms with E-state index in [1.54, 1.807) is 0 Å². The number of methoxy groups -OCH3 is 1. The second-order valence-corrected chi connectivity index (χ2v) is 6.10. The molecule has 0 radical (unpaired) electrons. The number of rotatable bonds is 9. The molecule has 1 fully saturated rings. The van der Waals surface area contributed by atoms with Gasteiger partial charge in [0.1, 0.15) is 0 Å². The molecule has 0 spiro atoms. The van der Waals surface area contributed by atoms with Crippen molar-refractivity contribution in [1.29, 1.82) is 0 Å². The van der Waals surface area contributed by atoms with Crippen LogP contribution in [0.4, 0.5) is 0 Å². The van der Waals surface area contributed by atoms with E-state index in [1.807, 2.05) is 7.11 Å². The highest BCUT2D eigenvalue weighted by molar-refractivity contribution is 4.89. The molecule has 0 aromatic rings. The monoisotopic (exact) mass is 255 g/mol. The molecule has 1 N–H and O–H groups in total. The lowest BCUT2D eigenvalue weighted by Crippen LogP contribution is -2.50. The number of nitrogens with one attached hydrogen (secondary N) is 1. The number of ether oxygens (including phenoxy) is 1. The first-order valence-electron chi connectivity index (χ1n) is 7.94. The molecule has 2 heteroatoms. The van der Waals surface area contributed by atoms with Crippen LogP contribution in [0.1, 0.15) is 72.1 Å². The zero-order chi connectivity index (χ0) is 13.4. The molecule has 2 nitrogen and oxygen atoms in total. The highest BCUT2D eigenvalue weighted by Gasteiger charge is 2.32. The van der Waals surface area contributed by atoms with Crippen molar-refractivity contribution in [1.82, 2.24) is 5.32 Å². The van der Waals surface area contributed by atoms with E-state index in [0.717, 1.165) is 18.9 Å². The van der Waals surface area contributed by atoms with Crippen LogP contribution in [0.15, 0.2) is 0 Å². The fourth-order valence-electron chi connectivity index (χ4n) is 3.18. The van der Waals surface area contributed by atoms with Gasteiger partial charge in [-0.15, -0.1) is 0 Å². The summed E-state index contributed by atoms with van der Waals surface area (Å²) in [5.41, 5.74) is -0.00618. The summed E-state index contributed by atoms with van der Waals surface area (Å²) in [5.74, 6) is 0.980. The van der Waals surface area contributed by atoms with Crippen LogP contribution in [0.2, 0.25) is 0 Å². The highest BCUT2D eigenvalue weighted by Crippen LogP contribution is 2.31. The Morgan fingerprint density at radius 3 is 2.44 bits per heavy atom. The molecule has 0 aromatic carbocycles. The molecular weight excluding hydrogens is 222 g/mol. The van der Waals surface area contributed by atoms with Gasteiger partial charge in [0.2, 0.25) is 0 Å². The maximum atomic E-state index is 5.80. The lowest BCUT2D eigenvalue weighted by atomic mass is 9.87. The lowest BCUT2D eigenvalue weighted by molar-refractivity contribution is -0.0323. The maximum absolute atomic E-state index is 5.80. The summed E-state index contributed by atoms with van der Waals surface area (Å²) in [6, 6.07) is 0.507. The second-order valence-electron chi connectivity index (χ2n) is 6.10. The Kier molecular flexibility index (Phi) is 7.25. The molecule has 0 aromatic heterocycles. The van der Waals surface area contributed by atoms with E-state index in [1.165, 1.54) is 44.9 Å². The Labute approximate surface area is 114 Å². The van der Waals surface area contributed by atoms with Crippen molar-refractivity contribution in [2.75, 3.05) is 13.7 Å². The van der Waals surface area contributed by atoms with Crippen LogP contribution in [0.3, 0.4) is 0 Å². The second kappa shape index (κ2) is 8.16. The van der Waals surface area contributed by atoms with Crippen LogP contribution >= 0.6 is 0 Å². The molecule has 1 aliphatic rings. The molecule has 0 bridgehead atoms. The minimum absolute atomic E-state index is 0.00618. The fourth-order valence-corrected chi connectivity index (χ4v) is 3.18. The molecule has 18 heavy (non-hydrogen) atoms. The van der Waals surface area contributed by atoms with Crippen molar-refractivity contribution in [2.24, 2.45) is 5.92 Å². The molecule has 0 amide bonds. The number of hydrogen-bond donors (Lipinski definition) is 1. The average molecular weight is 255 g/mol. The molecule has 108 valence electrons. The zero-order valence-electron chi connectivity index (χ0n) is 12.9. The zero-order valence-corrected chi connectivity index (χ0v) is 12.9. The largest absolute Gasteiger partial charge is 0.377 e.